The van der Waals surface area contributed by atoms with E-state index in [4.69, 9.17) is 5.11 Å². The molecule has 0 aromatic carbocycles. The number of aryl methyl sites for hydroxylation is 2. The van der Waals surface area contributed by atoms with Gasteiger partial charge in [0.15, 0.2) is 0 Å². The van der Waals surface area contributed by atoms with E-state index in [0.717, 1.165) is 29.4 Å². The number of aromatic nitrogens is 6. The van der Waals surface area contributed by atoms with Crippen molar-refractivity contribution in [2.45, 2.75) is 25.0 Å². The van der Waals surface area contributed by atoms with Crippen molar-refractivity contribution in [3.05, 3.63) is 17.5 Å². The molecule has 0 aliphatic carbocycles. The van der Waals surface area contributed by atoms with Gasteiger partial charge in [-0.15, -0.1) is 5.10 Å². The molecular weight excluding hydrogens is 268 g/mol. The first-order valence-electron chi connectivity index (χ1n) is 5.72. The Balaban J connectivity index is 2.14. The maximum atomic E-state index is 10.6. The normalized spacial score (nSPS) is 10.8. The van der Waals surface area contributed by atoms with Gasteiger partial charge in [0.25, 0.3) is 0 Å². The van der Waals surface area contributed by atoms with Crippen LogP contribution < -0.4 is 0 Å². The quantitative estimate of drug-likeness (QED) is 0.755. The molecule has 0 spiro atoms. The molecule has 0 saturated carbocycles. The van der Waals surface area contributed by atoms with Gasteiger partial charge < -0.3 is 5.11 Å². The monoisotopic (exact) mass is 282 g/mol. The highest BCUT2D eigenvalue weighted by atomic mass is 32.2. The Bertz CT molecular complexity index is 578. The van der Waals surface area contributed by atoms with Crippen molar-refractivity contribution in [2.75, 3.05) is 5.75 Å². The number of thioether (sulfide) groups is 1. The van der Waals surface area contributed by atoms with Crippen LogP contribution in [0.2, 0.25) is 0 Å². The molecule has 2 rings (SSSR count). The van der Waals surface area contributed by atoms with Crippen LogP contribution in [0.15, 0.2) is 11.4 Å². The number of hydrogen-bond acceptors (Lipinski definition) is 6. The Hall–Kier alpha value is -1.90. The Labute approximate surface area is 113 Å². The Morgan fingerprint density at radius 3 is 3.00 bits per heavy atom. The lowest BCUT2D eigenvalue weighted by atomic mass is 10.2. The van der Waals surface area contributed by atoms with Gasteiger partial charge in [-0.25, -0.2) is 4.68 Å². The highest BCUT2D eigenvalue weighted by Gasteiger charge is 2.12. The molecular formula is C10H14N6O2S. The predicted octanol–water partition coefficient (Wildman–Crippen LogP) is 0.194. The van der Waals surface area contributed by atoms with E-state index in [1.54, 1.807) is 9.36 Å². The Kier molecular flexibility index (Phi) is 4.15. The fraction of sp³-hybridized carbons (Fsp3) is 0.500. The van der Waals surface area contributed by atoms with Gasteiger partial charge in [0.05, 0.1) is 18.0 Å². The molecule has 8 nitrogen and oxygen atoms in total. The van der Waals surface area contributed by atoms with E-state index in [-0.39, 0.29) is 5.75 Å². The molecule has 19 heavy (non-hydrogen) atoms. The van der Waals surface area contributed by atoms with Crippen molar-refractivity contribution in [3.63, 3.8) is 0 Å². The summed E-state index contributed by atoms with van der Waals surface area (Å²) < 4.78 is 3.34. The standard InChI is InChI=1S/C10H14N6O2S/c1-3-8-7(4-15(2)12-8)5-16-10(11-13-14-16)19-6-9(17)18/h4H,3,5-6H2,1-2H3,(H,17,18). The van der Waals surface area contributed by atoms with Crippen LogP contribution >= 0.6 is 11.8 Å². The third-order valence-corrected chi connectivity index (χ3v) is 3.41. The van der Waals surface area contributed by atoms with Gasteiger partial charge in [-0.3, -0.25) is 9.48 Å². The zero-order valence-electron chi connectivity index (χ0n) is 10.6. The third-order valence-electron chi connectivity index (χ3n) is 2.47. The summed E-state index contributed by atoms with van der Waals surface area (Å²) in [5.74, 6) is -0.955. The zero-order valence-corrected chi connectivity index (χ0v) is 11.5. The predicted molar refractivity (Wildman–Crippen MR) is 67.9 cm³/mol. The van der Waals surface area contributed by atoms with Crippen LogP contribution in [-0.4, -0.2) is 46.8 Å². The minimum Gasteiger partial charge on any atom is -0.481 e. The van der Waals surface area contributed by atoms with Gasteiger partial charge in [0.2, 0.25) is 5.16 Å². The second-order valence-corrected chi connectivity index (χ2v) is 4.87. The van der Waals surface area contributed by atoms with E-state index in [1.165, 1.54) is 0 Å². The fourth-order valence-electron chi connectivity index (χ4n) is 1.70. The van der Waals surface area contributed by atoms with Gasteiger partial charge in [-0.2, -0.15) is 5.10 Å². The first-order chi connectivity index (χ1) is 9.10. The summed E-state index contributed by atoms with van der Waals surface area (Å²) in [7, 11) is 1.86. The molecule has 2 heterocycles. The molecule has 0 bridgehead atoms. The lowest BCUT2D eigenvalue weighted by molar-refractivity contribution is -0.133. The number of carboxylic acid groups (broad SMARTS) is 1. The molecule has 0 aliphatic rings. The van der Waals surface area contributed by atoms with Crippen LogP contribution in [0.4, 0.5) is 0 Å². The smallest absolute Gasteiger partial charge is 0.313 e. The SMILES string of the molecule is CCc1nn(C)cc1Cn1nnnc1SCC(=O)O. The summed E-state index contributed by atoms with van der Waals surface area (Å²) in [6.45, 7) is 2.53. The third kappa shape index (κ3) is 3.31. The first kappa shape index (κ1) is 13.5. The van der Waals surface area contributed by atoms with E-state index < -0.39 is 5.97 Å². The summed E-state index contributed by atoms with van der Waals surface area (Å²) in [5, 5.41) is 24.8. The first-order valence-corrected chi connectivity index (χ1v) is 6.71. The summed E-state index contributed by atoms with van der Waals surface area (Å²) in [5.41, 5.74) is 2.03. The molecule has 0 atom stereocenters. The van der Waals surface area contributed by atoms with Gasteiger partial charge >= 0.3 is 5.97 Å². The Morgan fingerprint density at radius 2 is 2.32 bits per heavy atom. The molecule has 102 valence electrons. The van der Waals surface area contributed by atoms with Crippen molar-refractivity contribution in [3.8, 4) is 0 Å². The second kappa shape index (κ2) is 5.83. The van der Waals surface area contributed by atoms with Crippen molar-refractivity contribution in [2.24, 2.45) is 7.05 Å². The molecule has 0 aliphatic heterocycles. The molecule has 1 N–H and O–H groups in total. The molecule has 0 unspecified atom stereocenters. The van der Waals surface area contributed by atoms with Crippen LogP contribution in [0.25, 0.3) is 0 Å². The van der Waals surface area contributed by atoms with Crippen molar-refractivity contribution in [1.29, 1.82) is 0 Å². The topological polar surface area (TPSA) is 98.7 Å². The van der Waals surface area contributed by atoms with Crippen LogP contribution in [-0.2, 0) is 24.8 Å². The minimum atomic E-state index is -0.893. The maximum Gasteiger partial charge on any atom is 0.313 e. The molecule has 9 heteroatoms. The van der Waals surface area contributed by atoms with Gasteiger partial charge in [0, 0.05) is 18.8 Å². The molecule has 2 aromatic heterocycles. The highest BCUT2D eigenvalue weighted by Crippen LogP contribution is 2.16. The average Bonchev–Trinajstić information content (AvgIpc) is 2.93. The maximum absolute atomic E-state index is 10.6. The highest BCUT2D eigenvalue weighted by molar-refractivity contribution is 7.99. The molecule has 0 radical (unpaired) electrons. The lowest BCUT2D eigenvalue weighted by Crippen LogP contribution is -2.07. The number of aliphatic carboxylic acids is 1. The van der Waals surface area contributed by atoms with Crippen molar-refractivity contribution >= 4 is 17.7 Å². The summed E-state index contributed by atoms with van der Waals surface area (Å²) >= 11 is 1.10. The number of nitrogens with zero attached hydrogens (tertiary/aromatic N) is 6. The summed E-state index contributed by atoms with van der Waals surface area (Å²) in [6.07, 6.45) is 2.75. The van der Waals surface area contributed by atoms with E-state index in [9.17, 15) is 4.79 Å². The van der Waals surface area contributed by atoms with Crippen LogP contribution in [0.5, 0.6) is 0 Å². The molecule has 0 saturated heterocycles. The van der Waals surface area contributed by atoms with E-state index in [2.05, 4.69) is 20.6 Å². The lowest BCUT2D eigenvalue weighted by Gasteiger charge is -2.02. The number of carbonyl (C=O) groups is 1. The largest absolute Gasteiger partial charge is 0.481 e. The Morgan fingerprint density at radius 1 is 1.53 bits per heavy atom. The molecule has 2 aromatic rings. The number of hydrogen-bond donors (Lipinski definition) is 1. The van der Waals surface area contributed by atoms with Crippen molar-refractivity contribution < 1.29 is 9.90 Å². The molecule has 0 amide bonds. The summed E-state index contributed by atoms with van der Waals surface area (Å²) in [6, 6.07) is 0. The molecule has 0 fully saturated rings. The number of tetrazole rings is 1. The van der Waals surface area contributed by atoms with E-state index in [1.807, 2.05) is 20.2 Å². The zero-order chi connectivity index (χ0) is 13.8. The summed E-state index contributed by atoms with van der Waals surface area (Å²) in [4.78, 5) is 10.6. The van der Waals surface area contributed by atoms with Crippen LogP contribution in [0, 0.1) is 0 Å². The van der Waals surface area contributed by atoms with Crippen molar-refractivity contribution in [1.82, 2.24) is 30.0 Å². The van der Waals surface area contributed by atoms with Gasteiger partial charge in [-0.05, 0) is 16.8 Å². The second-order valence-electron chi connectivity index (χ2n) is 3.93. The minimum absolute atomic E-state index is 0.0615. The van der Waals surface area contributed by atoms with Crippen LogP contribution in [0.1, 0.15) is 18.2 Å². The van der Waals surface area contributed by atoms with E-state index >= 15 is 0 Å². The average molecular weight is 282 g/mol. The van der Waals surface area contributed by atoms with Crippen LogP contribution in [0.3, 0.4) is 0 Å². The van der Waals surface area contributed by atoms with Gasteiger partial charge in [-0.1, -0.05) is 18.7 Å². The van der Waals surface area contributed by atoms with Gasteiger partial charge in [0.1, 0.15) is 0 Å². The fourth-order valence-corrected chi connectivity index (χ4v) is 2.30. The van der Waals surface area contributed by atoms with E-state index in [0.29, 0.717) is 11.7 Å². The number of carboxylic acids is 1. The number of rotatable bonds is 6.